The molecule has 1 saturated heterocycles. The number of nitrogens with zero attached hydrogens (tertiary/aromatic N) is 1. The van der Waals surface area contributed by atoms with E-state index in [4.69, 9.17) is 16.3 Å². The van der Waals surface area contributed by atoms with E-state index < -0.39 is 10.0 Å². The molecule has 0 amide bonds. The molecule has 2 rings (SSSR count). The van der Waals surface area contributed by atoms with E-state index in [0.29, 0.717) is 30.3 Å². The molecule has 4 nitrogen and oxygen atoms in total. The van der Waals surface area contributed by atoms with Gasteiger partial charge in [-0.1, -0.05) is 19.1 Å². The molecule has 1 aromatic rings. The monoisotopic (exact) mass is 331 g/mol. The first-order valence-electron chi connectivity index (χ1n) is 7.21. The molecule has 118 valence electrons. The number of rotatable bonds is 4. The summed E-state index contributed by atoms with van der Waals surface area (Å²) in [4.78, 5) is 0.379. The summed E-state index contributed by atoms with van der Waals surface area (Å²) in [7, 11) is -3.52. The summed E-state index contributed by atoms with van der Waals surface area (Å²) in [6.07, 6.45) is 0.586. The van der Waals surface area contributed by atoms with Crippen molar-refractivity contribution < 1.29 is 13.2 Å². The quantitative estimate of drug-likeness (QED) is 0.797. The molecule has 0 saturated carbocycles. The highest BCUT2D eigenvalue weighted by Crippen LogP contribution is 2.27. The fraction of sp³-hybridized carbons (Fsp3) is 0.600. The van der Waals surface area contributed by atoms with Gasteiger partial charge in [0.2, 0.25) is 10.0 Å². The van der Waals surface area contributed by atoms with Gasteiger partial charge in [0.05, 0.1) is 17.6 Å². The van der Waals surface area contributed by atoms with Crippen LogP contribution >= 0.6 is 11.6 Å². The van der Waals surface area contributed by atoms with Crippen molar-refractivity contribution in [2.24, 2.45) is 0 Å². The maximum Gasteiger partial charge on any atom is 0.243 e. The highest BCUT2D eigenvalue weighted by Gasteiger charge is 2.35. The minimum atomic E-state index is -3.52. The average Bonchev–Trinajstić information content (AvgIpc) is 2.48. The molecule has 1 fully saturated rings. The van der Waals surface area contributed by atoms with Crippen molar-refractivity contribution >= 4 is 21.6 Å². The minimum Gasteiger partial charge on any atom is -0.375 e. The van der Waals surface area contributed by atoms with Gasteiger partial charge in [0.1, 0.15) is 0 Å². The smallest absolute Gasteiger partial charge is 0.243 e. The van der Waals surface area contributed by atoms with Crippen LogP contribution in [-0.2, 0) is 27.1 Å². The predicted octanol–water partition coefficient (Wildman–Crippen LogP) is 2.79. The van der Waals surface area contributed by atoms with Crippen LogP contribution in [0.3, 0.4) is 0 Å². The summed E-state index contributed by atoms with van der Waals surface area (Å²) >= 11 is 5.85. The molecule has 0 spiro atoms. The van der Waals surface area contributed by atoms with Crippen molar-refractivity contribution in [3.63, 3.8) is 0 Å². The van der Waals surface area contributed by atoms with Gasteiger partial charge >= 0.3 is 0 Å². The lowest BCUT2D eigenvalue weighted by atomic mass is 10.1. The van der Waals surface area contributed by atoms with E-state index in [1.54, 1.807) is 10.4 Å². The van der Waals surface area contributed by atoms with Crippen molar-refractivity contribution in [2.45, 2.75) is 50.1 Å². The first kappa shape index (κ1) is 16.7. The van der Waals surface area contributed by atoms with E-state index in [0.717, 1.165) is 11.1 Å². The number of hydrogen-bond donors (Lipinski definition) is 0. The second-order valence-corrected chi connectivity index (χ2v) is 7.62. The number of alkyl halides is 1. The Kier molecular flexibility index (Phi) is 5.30. The van der Waals surface area contributed by atoms with Crippen LogP contribution in [0, 0.1) is 0 Å². The summed E-state index contributed by atoms with van der Waals surface area (Å²) in [5, 5.41) is 0. The zero-order valence-corrected chi connectivity index (χ0v) is 14.2. The Balaban J connectivity index is 2.47. The average molecular weight is 332 g/mol. The second kappa shape index (κ2) is 6.65. The maximum atomic E-state index is 13.0. The van der Waals surface area contributed by atoms with Gasteiger partial charge < -0.3 is 4.74 Å². The fourth-order valence-electron chi connectivity index (χ4n) is 2.55. The maximum absolute atomic E-state index is 13.0. The molecule has 1 aliphatic heterocycles. The number of ether oxygens (including phenoxy) is 1. The van der Waals surface area contributed by atoms with Crippen molar-refractivity contribution in [2.75, 3.05) is 13.2 Å². The Hall–Kier alpha value is -0.620. The van der Waals surface area contributed by atoms with Crippen molar-refractivity contribution in [1.29, 1.82) is 0 Å². The first-order valence-corrected chi connectivity index (χ1v) is 9.18. The number of hydrogen-bond acceptors (Lipinski definition) is 3. The van der Waals surface area contributed by atoms with Crippen molar-refractivity contribution in [3.8, 4) is 0 Å². The molecule has 0 radical (unpaired) electrons. The lowest BCUT2D eigenvalue weighted by molar-refractivity contribution is -0.0170. The van der Waals surface area contributed by atoms with Crippen molar-refractivity contribution in [3.05, 3.63) is 29.3 Å². The van der Waals surface area contributed by atoms with Gasteiger partial charge in [0, 0.05) is 18.5 Å². The molecular formula is C15H22ClNO3S. The molecule has 0 N–H and O–H groups in total. The van der Waals surface area contributed by atoms with E-state index in [1.165, 1.54) is 0 Å². The Bertz CT molecular complexity index is 603. The fourth-order valence-corrected chi connectivity index (χ4v) is 4.75. The molecule has 2 unspecified atom stereocenters. The predicted molar refractivity (Wildman–Crippen MR) is 84.1 cm³/mol. The van der Waals surface area contributed by atoms with Gasteiger partial charge in [0.15, 0.2) is 0 Å². The second-order valence-electron chi connectivity index (χ2n) is 5.50. The standard InChI is InChI=1S/C15H22ClNO3S/c1-4-14-6-5-13(8-16)7-15(14)21(18,19)17-9-12(3)20-10-11(17)2/h5-7,11-12H,4,8-10H2,1-3H3. The Morgan fingerprint density at radius 3 is 2.71 bits per heavy atom. The van der Waals surface area contributed by atoms with Crippen LogP contribution < -0.4 is 0 Å². The molecule has 1 aliphatic rings. The van der Waals surface area contributed by atoms with E-state index >= 15 is 0 Å². The zero-order valence-electron chi connectivity index (χ0n) is 12.7. The topological polar surface area (TPSA) is 46.6 Å². The number of aryl methyl sites for hydroxylation is 1. The van der Waals surface area contributed by atoms with Gasteiger partial charge in [0.25, 0.3) is 0 Å². The lowest BCUT2D eigenvalue weighted by Crippen LogP contribution is -2.50. The van der Waals surface area contributed by atoms with Crippen LogP contribution in [0.25, 0.3) is 0 Å². The summed E-state index contributed by atoms with van der Waals surface area (Å²) in [5.41, 5.74) is 1.65. The van der Waals surface area contributed by atoms with Crippen LogP contribution in [0.2, 0.25) is 0 Å². The lowest BCUT2D eigenvalue weighted by Gasteiger charge is -2.36. The molecule has 0 aliphatic carbocycles. The van der Waals surface area contributed by atoms with Gasteiger partial charge in [-0.3, -0.25) is 0 Å². The first-order chi connectivity index (χ1) is 9.90. The molecule has 21 heavy (non-hydrogen) atoms. The molecule has 1 heterocycles. The molecule has 6 heteroatoms. The van der Waals surface area contributed by atoms with Gasteiger partial charge in [-0.05, 0) is 37.5 Å². The number of halogens is 1. The molecule has 0 bridgehead atoms. The SMILES string of the molecule is CCc1ccc(CCl)cc1S(=O)(=O)N1CC(C)OCC1C. The van der Waals surface area contributed by atoms with E-state index in [1.807, 2.05) is 32.9 Å². The van der Waals surface area contributed by atoms with Gasteiger partial charge in [-0.25, -0.2) is 8.42 Å². The highest BCUT2D eigenvalue weighted by atomic mass is 35.5. The van der Waals surface area contributed by atoms with E-state index in [-0.39, 0.29) is 12.1 Å². The normalized spacial score (nSPS) is 24.2. The van der Waals surface area contributed by atoms with Crippen LogP contribution in [0.1, 0.15) is 31.9 Å². The third-order valence-corrected chi connectivity index (χ3v) is 6.17. The van der Waals surface area contributed by atoms with E-state index in [2.05, 4.69) is 0 Å². The molecule has 1 aromatic carbocycles. The Morgan fingerprint density at radius 2 is 2.10 bits per heavy atom. The van der Waals surface area contributed by atoms with Gasteiger partial charge in [-0.2, -0.15) is 4.31 Å². The third kappa shape index (κ3) is 3.42. The van der Waals surface area contributed by atoms with Crippen LogP contribution in [-0.4, -0.2) is 38.0 Å². The van der Waals surface area contributed by atoms with Crippen LogP contribution in [0.15, 0.2) is 23.1 Å². The van der Waals surface area contributed by atoms with Crippen LogP contribution in [0.4, 0.5) is 0 Å². The summed E-state index contributed by atoms with van der Waals surface area (Å²) in [6.45, 7) is 6.54. The third-order valence-electron chi connectivity index (χ3n) is 3.80. The van der Waals surface area contributed by atoms with Crippen LogP contribution in [0.5, 0.6) is 0 Å². The molecule has 0 aromatic heterocycles. The molecule has 2 atom stereocenters. The summed E-state index contributed by atoms with van der Waals surface area (Å²) in [5.74, 6) is 0.307. The number of sulfonamides is 1. The zero-order chi connectivity index (χ0) is 15.6. The van der Waals surface area contributed by atoms with Crippen molar-refractivity contribution in [1.82, 2.24) is 4.31 Å². The number of benzene rings is 1. The largest absolute Gasteiger partial charge is 0.375 e. The number of morpholine rings is 1. The minimum absolute atomic E-state index is 0.0859. The van der Waals surface area contributed by atoms with Gasteiger partial charge in [-0.15, -0.1) is 11.6 Å². The summed E-state index contributed by atoms with van der Waals surface area (Å²) < 4.78 is 33.1. The van der Waals surface area contributed by atoms with E-state index in [9.17, 15) is 8.42 Å². The highest BCUT2D eigenvalue weighted by molar-refractivity contribution is 7.89. The Morgan fingerprint density at radius 1 is 1.38 bits per heavy atom. The molecular weight excluding hydrogens is 310 g/mol. The summed E-state index contributed by atoms with van der Waals surface area (Å²) in [6, 6.07) is 5.29. The Labute approximate surface area is 132 Å².